The minimum atomic E-state index is 0. The first-order valence-electron chi connectivity index (χ1n) is 7.94. The number of amides is 1. The summed E-state index contributed by atoms with van der Waals surface area (Å²) in [4.78, 5) is 17.5. The first-order chi connectivity index (χ1) is 10.5. The molecule has 2 rings (SSSR count). The molecule has 2 fully saturated rings. The number of nitrogens with one attached hydrogen (secondary N) is 2. The van der Waals surface area contributed by atoms with Crippen molar-refractivity contribution in [3.05, 3.63) is 0 Å². The minimum absolute atomic E-state index is 0. The van der Waals surface area contributed by atoms with Crippen LogP contribution in [0.3, 0.4) is 0 Å². The van der Waals surface area contributed by atoms with Crippen molar-refractivity contribution >= 4 is 47.6 Å². The lowest BCUT2D eigenvalue weighted by molar-refractivity contribution is -0.127. The van der Waals surface area contributed by atoms with Gasteiger partial charge in [-0.05, 0) is 37.2 Å². The Bertz CT molecular complexity index is 409. The van der Waals surface area contributed by atoms with E-state index < -0.39 is 0 Å². The molecule has 0 bridgehead atoms. The van der Waals surface area contributed by atoms with Gasteiger partial charge in [0.05, 0.1) is 12.1 Å². The van der Waals surface area contributed by atoms with Gasteiger partial charge in [0.2, 0.25) is 5.91 Å². The lowest BCUT2D eigenvalue weighted by Crippen LogP contribution is -2.53. The van der Waals surface area contributed by atoms with E-state index in [-0.39, 0.29) is 42.0 Å². The van der Waals surface area contributed by atoms with E-state index in [1.807, 2.05) is 11.8 Å². The van der Waals surface area contributed by atoms with Crippen LogP contribution in [0.5, 0.6) is 0 Å². The number of halogens is 1. The summed E-state index contributed by atoms with van der Waals surface area (Å²) in [5.74, 6) is 3.12. The SMILES string of the molecule is CN=C(NCC(=O)N(C)C)NC1CCOC2(CCSCC2)C1.I. The zero-order valence-corrected chi connectivity index (χ0v) is 17.4. The monoisotopic (exact) mass is 456 g/mol. The number of nitrogens with zero attached hydrogens (tertiary/aromatic N) is 2. The van der Waals surface area contributed by atoms with E-state index in [1.165, 1.54) is 11.5 Å². The molecular formula is C15H29IN4O2S. The van der Waals surface area contributed by atoms with Crippen molar-refractivity contribution in [3.8, 4) is 0 Å². The molecule has 0 aromatic heterocycles. The molecule has 6 nitrogen and oxygen atoms in total. The standard InChI is InChI=1S/C15H28N4O2S.HI/c1-16-14(17-11-13(20)19(2)3)18-12-4-7-21-15(10-12)5-8-22-9-6-15;/h12H,4-11H2,1-3H3,(H2,16,17,18);1H. The Labute approximate surface area is 160 Å². The number of likely N-dealkylation sites (N-methyl/N-ethyl adjacent to an activating group) is 1. The largest absolute Gasteiger partial charge is 0.375 e. The number of rotatable bonds is 3. The van der Waals surface area contributed by atoms with E-state index in [0.29, 0.717) is 12.0 Å². The van der Waals surface area contributed by atoms with Gasteiger partial charge >= 0.3 is 0 Å². The Morgan fingerprint density at radius 2 is 2.09 bits per heavy atom. The lowest BCUT2D eigenvalue weighted by atomic mass is 9.85. The number of hydrogen-bond donors (Lipinski definition) is 2. The maximum Gasteiger partial charge on any atom is 0.241 e. The van der Waals surface area contributed by atoms with Gasteiger partial charge in [0.15, 0.2) is 5.96 Å². The van der Waals surface area contributed by atoms with E-state index in [4.69, 9.17) is 4.74 Å². The number of guanidine groups is 1. The maximum absolute atomic E-state index is 11.7. The third kappa shape index (κ3) is 6.30. The van der Waals surface area contributed by atoms with Crippen LogP contribution in [0.2, 0.25) is 0 Å². The average Bonchev–Trinajstić information content (AvgIpc) is 2.51. The van der Waals surface area contributed by atoms with Gasteiger partial charge in [-0.15, -0.1) is 24.0 Å². The fourth-order valence-corrected chi connectivity index (χ4v) is 4.19. The van der Waals surface area contributed by atoms with Gasteiger partial charge in [0.25, 0.3) is 0 Å². The zero-order valence-electron chi connectivity index (χ0n) is 14.3. The molecule has 0 aromatic rings. The van der Waals surface area contributed by atoms with Crippen LogP contribution >= 0.6 is 35.7 Å². The third-order valence-electron chi connectivity index (χ3n) is 4.37. The summed E-state index contributed by atoms with van der Waals surface area (Å²) in [6.07, 6.45) is 4.29. The van der Waals surface area contributed by atoms with Gasteiger partial charge in [0, 0.05) is 33.8 Å². The molecule has 1 spiro atoms. The van der Waals surface area contributed by atoms with Crippen molar-refractivity contribution in [2.45, 2.75) is 37.3 Å². The quantitative estimate of drug-likeness (QED) is 0.381. The summed E-state index contributed by atoms with van der Waals surface area (Å²) in [7, 11) is 5.24. The topological polar surface area (TPSA) is 66.0 Å². The molecule has 0 radical (unpaired) electrons. The average molecular weight is 456 g/mol. The number of aliphatic imine (C=N–C) groups is 1. The molecule has 1 atom stereocenters. The van der Waals surface area contributed by atoms with Crippen molar-refractivity contribution in [3.63, 3.8) is 0 Å². The highest BCUT2D eigenvalue weighted by Crippen LogP contribution is 2.37. The smallest absolute Gasteiger partial charge is 0.241 e. The highest BCUT2D eigenvalue weighted by molar-refractivity contribution is 14.0. The molecule has 2 aliphatic rings. The van der Waals surface area contributed by atoms with Gasteiger partial charge in [-0.3, -0.25) is 9.79 Å². The molecule has 0 saturated carbocycles. The van der Waals surface area contributed by atoms with Crippen LogP contribution in [-0.2, 0) is 9.53 Å². The van der Waals surface area contributed by atoms with Crippen molar-refractivity contribution in [1.29, 1.82) is 0 Å². The molecule has 1 amide bonds. The summed E-state index contributed by atoms with van der Waals surface area (Å²) in [5.41, 5.74) is 0.0550. The molecule has 134 valence electrons. The van der Waals surface area contributed by atoms with Gasteiger partial charge in [-0.2, -0.15) is 11.8 Å². The second-order valence-electron chi connectivity index (χ2n) is 6.19. The molecule has 1 unspecified atom stereocenters. The third-order valence-corrected chi connectivity index (χ3v) is 5.35. The van der Waals surface area contributed by atoms with Crippen LogP contribution in [0.25, 0.3) is 0 Å². The molecule has 0 aromatic carbocycles. The Kier molecular flexibility index (Phi) is 8.99. The summed E-state index contributed by atoms with van der Waals surface area (Å²) < 4.78 is 6.11. The summed E-state index contributed by atoms with van der Waals surface area (Å²) >= 11 is 2.02. The van der Waals surface area contributed by atoms with Crippen LogP contribution in [0.1, 0.15) is 25.7 Å². The van der Waals surface area contributed by atoms with Crippen LogP contribution in [0.4, 0.5) is 0 Å². The van der Waals surface area contributed by atoms with Gasteiger partial charge < -0.3 is 20.3 Å². The highest BCUT2D eigenvalue weighted by Gasteiger charge is 2.38. The number of carbonyl (C=O) groups excluding carboxylic acids is 1. The number of thioether (sulfide) groups is 1. The van der Waals surface area contributed by atoms with Crippen LogP contribution in [0, 0.1) is 0 Å². The van der Waals surface area contributed by atoms with E-state index in [1.54, 1.807) is 26.0 Å². The molecule has 23 heavy (non-hydrogen) atoms. The summed E-state index contributed by atoms with van der Waals surface area (Å²) in [6.45, 7) is 1.06. The predicted octanol–water partition coefficient (Wildman–Crippen LogP) is 1.30. The summed E-state index contributed by atoms with van der Waals surface area (Å²) in [5, 5.41) is 6.54. The van der Waals surface area contributed by atoms with Crippen molar-refractivity contribution in [2.24, 2.45) is 4.99 Å². The molecule has 0 aliphatic carbocycles. The molecule has 2 N–H and O–H groups in total. The lowest BCUT2D eigenvalue weighted by Gasteiger charge is -2.43. The Balaban J connectivity index is 0.00000264. The van der Waals surface area contributed by atoms with Gasteiger partial charge in [-0.1, -0.05) is 0 Å². The van der Waals surface area contributed by atoms with Crippen molar-refractivity contribution < 1.29 is 9.53 Å². The Hall–Kier alpha value is -0.220. The normalized spacial score (nSPS) is 23.8. The number of hydrogen-bond acceptors (Lipinski definition) is 4. The second-order valence-corrected chi connectivity index (χ2v) is 7.42. The van der Waals surface area contributed by atoms with E-state index in [0.717, 1.165) is 32.3 Å². The Morgan fingerprint density at radius 3 is 2.70 bits per heavy atom. The molecule has 8 heteroatoms. The van der Waals surface area contributed by atoms with E-state index in [9.17, 15) is 4.79 Å². The number of ether oxygens (including phenoxy) is 1. The fourth-order valence-electron chi connectivity index (χ4n) is 2.95. The van der Waals surface area contributed by atoms with Crippen LogP contribution < -0.4 is 10.6 Å². The van der Waals surface area contributed by atoms with Crippen LogP contribution in [-0.4, -0.2) is 74.2 Å². The van der Waals surface area contributed by atoms with Gasteiger partial charge in [-0.25, -0.2) is 0 Å². The number of carbonyl (C=O) groups is 1. The van der Waals surface area contributed by atoms with Crippen LogP contribution in [0.15, 0.2) is 4.99 Å². The molecule has 2 aliphatic heterocycles. The first-order valence-corrected chi connectivity index (χ1v) is 9.09. The predicted molar refractivity (Wildman–Crippen MR) is 107 cm³/mol. The Morgan fingerprint density at radius 1 is 1.39 bits per heavy atom. The molecular weight excluding hydrogens is 427 g/mol. The summed E-state index contributed by atoms with van der Waals surface area (Å²) in [6, 6.07) is 0.359. The van der Waals surface area contributed by atoms with Gasteiger partial charge in [0.1, 0.15) is 0 Å². The fraction of sp³-hybridized carbons (Fsp3) is 0.867. The molecule has 2 saturated heterocycles. The molecule has 2 heterocycles. The minimum Gasteiger partial charge on any atom is -0.375 e. The highest BCUT2D eigenvalue weighted by atomic mass is 127. The second kappa shape index (κ2) is 9.93. The first kappa shape index (κ1) is 20.8. The zero-order chi connectivity index (χ0) is 16.0. The van der Waals surface area contributed by atoms with Crippen molar-refractivity contribution in [1.82, 2.24) is 15.5 Å². The van der Waals surface area contributed by atoms with Crippen molar-refractivity contribution in [2.75, 3.05) is 45.8 Å². The van der Waals surface area contributed by atoms with E-state index in [2.05, 4.69) is 15.6 Å². The maximum atomic E-state index is 11.7. The van der Waals surface area contributed by atoms with E-state index >= 15 is 0 Å².